The Kier molecular flexibility index (Phi) is 20.2. The standard InChI is InChI=1S/C23H30ClN3O.C20H9Br2O5.Hg.2Na.H2O/c1-5-27(6-2)13-7-8-16(3)25-23-19-11-9-17(24)14-22(19)26-21-12-10-18(28-4)15-20(21)23;21-13-5-11-17(7-15(13)23)27-18-8-16(24)14(22)6-12(18)19(11)9-3-1-2-4-10(9)20(25)26;;;;/h9-12,14-16H,5-8,13H2,1-4H3,(H,25,26);1-7,24H,(H,25,26);;;;1H2/q;;;2*+1;/p-2. The van der Waals surface area contributed by atoms with Gasteiger partial charge in [-0.25, -0.2) is 4.98 Å². The smallest absolute Gasteiger partial charge is 1.00 e. The zero-order valence-corrected chi connectivity index (χ0v) is 47.2. The first kappa shape index (κ1) is 51.6. The molecule has 0 amide bonds. The first-order chi connectivity index (χ1) is 26.8. The van der Waals surface area contributed by atoms with Gasteiger partial charge in [-0.05, 0) is 75.8 Å². The summed E-state index contributed by atoms with van der Waals surface area (Å²) in [6.45, 7) is 10.0. The van der Waals surface area contributed by atoms with Crippen LogP contribution in [0.3, 0.4) is 0 Å². The summed E-state index contributed by atoms with van der Waals surface area (Å²) >= 11 is 12.7. The molecular formula is C43H39Br2ClHgN3Na2O7. The van der Waals surface area contributed by atoms with Crippen LogP contribution in [0.4, 0.5) is 5.69 Å². The molecule has 293 valence electrons. The maximum absolute atomic E-state index is 12.4. The number of nitrogens with one attached hydrogen (secondary N) is 1. The Labute approximate surface area is 424 Å². The van der Waals surface area contributed by atoms with E-state index in [9.17, 15) is 19.8 Å². The molecule has 1 aliphatic heterocycles. The van der Waals surface area contributed by atoms with E-state index in [2.05, 4.69) is 75.0 Å². The first-order valence-corrected chi connectivity index (χ1v) is 22.8. The molecule has 0 radical (unpaired) electrons. The molecular weight excluding hydrogens is 1110 g/mol. The number of carboxylic acids is 1. The van der Waals surface area contributed by atoms with Crippen LogP contribution in [0.1, 0.15) is 44.0 Å². The van der Waals surface area contributed by atoms with Crippen molar-refractivity contribution in [1.82, 2.24) is 9.88 Å². The molecule has 1 unspecified atom stereocenters. The van der Waals surface area contributed by atoms with Crippen molar-refractivity contribution in [3.8, 4) is 33.9 Å². The van der Waals surface area contributed by atoms with Crippen LogP contribution in [0.2, 0.25) is 5.02 Å². The zero-order valence-electron chi connectivity index (χ0n) is 33.8. The summed E-state index contributed by atoms with van der Waals surface area (Å²) in [7, 11) is 1.69. The number of carboxylic acid groups (broad SMARTS) is 1. The fourth-order valence-electron chi connectivity index (χ4n) is 6.87. The zero-order chi connectivity index (χ0) is 40.3. The molecule has 0 spiro atoms. The molecule has 10 nitrogen and oxygen atoms in total. The number of rotatable bonds is 11. The maximum atomic E-state index is 12.4. The number of carbonyl (C=O) groups is 1. The van der Waals surface area contributed by atoms with Crippen LogP contribution in [0.5, 0.6) is 11.5 Å². The van der Waals surface area contributed by atoms with E-state index in [4.69, 9.17) is 25.7 Å². The molecule has 0 fully saturated rings. The van der Waals surface area contributed by atoms with Gasteiger partial charge in [-0.3, -0.25) is 0 Å². The number of pyridine rings is 1. The second-order valence-electron chi connectivity index (χ2n) is 13.4. The number of ether oxygens (including phenoxy) is 1. The minimum absolute atomic E-state index is 0. The molecule has 2 heterocycles. The van der Waals surface area contributed by atoms with Gasteiger partial charge in [0, 0.05) is 21.8 Å². The molecule has 4 aromatic carbocycles. The number of fused-ring (bicyclic) bond motifs is 4. The topological polar surface area (TPSA) is 162 Å². The second kappa shape index (κ2) is 23.1. The van der Waals surface area contributed by atoms with Crippen molar-refractivity contribution in [1.29, 1.82) is 0 Å². The number of aromatic carboxylic acids is 1. The van der Waals surface area contributed by atoms with E-state index in [-0.39, 0.29) is 113 Å². The molecule has 59 heavy (non-hydrogen) atoms. The summed E-state index contributed by atoms with van der Waals surface area (Å²) in [6, 6.07) is 23.3. The minimum atomic E-state index is -1.31. The summed E-state index contributed by atoms with van der Waals surface area (Å²) in [5.74, 6) is -0.346. The number of hydrogen-bond acceptors (Lipinski definition) is 9. The maximum Gasteiger partial charge on any atom is 1.00 e. The Balaban J connectivity index is 0.000000300. The third-order valence-corrected chi connectivity index (χ3v) is 13.8. The molecule has 1 atom stereocenters. The van der Waals surface area contributed by atoms with Crippen molar-refractivity contribution in [3.05, 3.63) is 109 Å². The summed E-state index contributed by atoms with van der Waals surface area (Å²) < 4.78 is 12.7. The van der Waals surface area contributed by atoms with Gasteiger partial charge in [0.15, 0.2) is 0 Å². The number of hydrogen-bond donors (Lipinski definition) is 1. The fourth-order valence-corrected chi connectivity index (χ4v) is 10.6. The average Bonchev–Trinajstić information content (AvgIpc) is 3.18. The Hall–Kier alpha value is -1.78. The van der Waals surface area contributed by atoms with Gasteiger partial charge in [-0.2, -0.15) is 0 Å². The van der Waals surface area contributed by atoms with Gasteiger partial charge in [0.1, 0.15) is 5.75 Å². The summed E-state index contributed by atoms with van der Waals surface area (Å²) in [4.78, 5) is 31.1. The van der Waals surface area contributed by atoms with Crippen molar-refractivity contribution >= 4 is 91.0 Å². The van der Waals surface area contributed by atoms with Crippen LogP contribution in [0.25, 0.3) is 55.2 Å². The molecule has 7 rings (SSSR count). The minimum Gasteiger partial charge on any atom is 1.00 e. The predicted octanol–water partition coefficient (Wildman–Crippen LogP) is 1.85. The summed E-state index contributed by atoms with van der Waals surface area (Å²) in [5, 5.41) is 31.4. The van der Waals surface area contributed by atoms with E-state index in [0.717, 1.165) is 59.3 Å². The number of halogens is 3. The van der Waals surface area contributed by atoms with E-state index in [0.29, 0.717) is 50.7 Å². The molecule has 2 aliphatic rings. The number of methoxy groups -OCH3 is 1. The van der Waals surface area contributed by atoms with Crippen LogP contribution in [0, 0.1) is 0 Å². The molecule has 0 saturated heterocycles. The molecule has 0 bridgehead atoms. The van der Waals surface area contributed by atoms with Gasteiger partial charge < -0.3 is 20.4 Å². The molecule has 1 aliphatic carbocycles. The quantitative estimate of drug-likeness (QED) is 0.151. The summed E-state index contributed by atoms with van der Waals surface area (Å²) in [5.41, 5.74) is 4.64. The van der Waals surface area contributed by atoms with Crippen LogP contribution in [-0.2, 0) is 26.1 Å². The summed E-state index contributed by atoms with van der Waals surface area (Å²) in [6.07, 6.45) is 2.28. The van der Waals surface area contributed by atoms with Crippen molar-refractivity contribution in [2.24, 2.45) is 0 Å². The number of benzene rings is 5. The van der Waals surface area contributed by atoms with Gasteiger partial charge in [0.25, 0.3) is 0 Å². The Morgan fingerprint density at radius 2 is 1.66 bits per heavy atom. The number of anilines is 1. The monoisotopic (exact) mass is 1150 g/mol. The molecule has 0 saturated carbocycles. The normalized spacial score (nSPS) is 11.4. The van der Waals surface area contributed by atoms with Gasteiger partial charge in [0.05, 0.1) is 23.8 Å². The van der Waals surface area contributed by atoms with E-state index in [1.807, 2.05) is 24.3 Å². The van der Waals surface area contributed by atoms with E-state index >= 15 is 0 Å². The van der Waals surface area contributed by atoms with Crippen LogP contribution >= 0.6 is 43.5 Å². The van der Waals surface area contributed by atoms with Crippen molar-refractivity contribution < 1.29 is 115 Å². The third-order valence-electron chi connectivity index (χ3n) is 9.82. The molecule has 5 aromatic rings. The van der Waals surface area contributed by atoms with E-state index in [1.54, 1.807) is 37.4 Å². The van der Waals surface area contributed by atoms with Crippen LogP contribution < -0.4 is 87.9 Å². The molecule has 1 aromatic heterocycles. The predicted molar refractivity (Wildman–Crippen MR) is 228 cm³/mol. The van der Waals surface area contributed by atoms with Gasteiger partial charge in [0.2, 0.25) is 0 Å². The van der Waals surface area contributed by atoms with Crippen molar-refractivity contribution in [3.63, 3.8) is 0 Å². The second-order valence-corrected chi connectivity index (χ2v) is 18.3. The molecule has 3 N–H and O–H groups in total. The Morgan fingerprint density at radius 3 is 2.34 bits per heavy atom. The Bertz CT molecular complexity index is 2630. The van der Waals surface area contributed by atoms with Crippen LogP contribution in [-0.4, -0.2) is 54.1 Å². The fraction of sp³-hybridized carbons (Fsp3) is 0.233. The third kappa shape index (κ3) is 11.6. The van der Waals surface area contributed by atoms with Crippen molar-refractivity contribution in [2.75, 3.05) is 32.1 Å². The average molecular weight is 1150 g/mol. The number of carbonyl (C=O) groups excluding carboxylic acids is 1. The number of aromatic nitrogens is 1. The molecule has 16 heteroatoms. The van der Waals surface area contributed by atoms with Crippen molar-refractivity contribution in [2.45, 2.75) is 39.7 Å². The van der Waals surface area contributed by atoms with Gasteiger partial charge in [-0.1, -0.05) is 25.4 Å². The largest absolute Gasteiger partial charge is 1.00 e. The number of nitrogens with zero attached hydrogens (tertiary/aromatic N) is 2. The first-order valence-electron chi connectivity index (χ1n) is 18.1. The SMILES string of the molecule is CCN(CC)CCCC(C)Nc1c2ccc(Cl)cc2nc2ccc(OC)cc12.O.O=C([O-])c1ccccc1-c1c2cc(Br)c(=O)cc-2oc2[c]([Hg])c([O-])c(Br)cc12.[Na+].[Na+]. The Morgan fingerprint density at radius 1 is 0.949 bits per heavy atom. The van der Waals surface area contributed by atoms with E-state index < -0.39 is 5.97 Å². The van der Waals surface area contributed by atoms with E-state index in [1.165, 1.54) is 18.6 Å². The van der Waals surface area contributed by atoms with Crippen LogP contribution in [0.15, 0.2) is 97.0 Å². The van der Waals surface area contributed by atoms with Gasteiger partial charge >= 0.3 is 252 Å². The van der Waals surface area contributed by atoms with Gasteiger partial charge in [-0.15, -0.1) is 0 Å².